The average Bonchev–Trinajstić information content (AvgIpc) is 2.64. The van der Waals surface area contributed by atoms with Crippen molar-refractivity contribution in [2.24, 2.45) is 0 Å². The van der Waals surface area contributed by atoms with E-state index in [1.807, 2.05) is 10.9 Å². The molecule has 0 spiro atoms. The maximum absolute atomic E-state index is 13.4. The number of nitro groups is 1. The molecule has 2 N–H and O–H groups in total. The summed E-state index contributed by atoms with van der Waals surface area (Å²) in [4.78, 5) is 45.4. The Hall–Kier alpha value is -3.82. The Kier molecular flexibility index (Phi) is 6.15. The van der Waals surface area contributed by atoms with Gasteiger partial charge in [-0.3, -0.25) is 30.6 Å². The zero-order valence-corrected chi connectivity index (χ0v) is 14.0. The molecular formula is C17H14FN3O6. The average molecular weight is 375 g/mol. The molecule has 0 saturated carbocycles. The molecule has 0 aliphatic heterocycles. The van der Waals surface area contributed by atoms with Crippen LogP contribution in [0, 0.1) is 22.9 Å². The zero-order valence-electron chi connectivity index (χ0n) is 14.0. The van der Waals surface area contributed by atoms with Gasteiger partial charge < -0.3 is 4.74 Å². The number of hydrogen-bond acceptors (Lipinski definition) is 6. The number of benzene rings is 2. The summed E-state index contributed by atoms with van der Waals surface area (Å²) in [6.45, 7) is 0.742. The number of carbonyl (C=O) groups is 3. The number of halogens is 1. The number of aryl methyl sites for hydroxylation is 1. The number of amides is 2. The normalized spacial score (nSPS) is 10.0. The molecule has 0 fully saturated rings. The topological polar surface area (TPSA) is 128 Å². The molecule has 9 nitrogen and oxygen atoms in total. The number of hydrazine groups is 1. The van der Waals surface area contributed by atoms with Crippen LogP contribution in [0.15, 0.2) is 42.5 Å². The molecular weight excluding hydrogens is 361 g/mol. The van der Waals surface area contributed by atoms with Gasteiger partial charge in [-0.15, -0.1) is 0 Å². The van der Waals surface area contributed by atoms with E-state index in [2.05, 4.69) is 0 Å². The minimum Gasteiger partial charge on any atom is -0.452 e. The van der Waals surface area contributed by atoms with Crippen molar-refractivity contribution in [1.29, 1.82) is 0 Å². The van der Waals surface area contributed by atoms with E-state index in [0.29, 0.717) is 0 Å². The summed E-state index contributed by atoms with van der Waals surface area (Å²) >= 11 is 0. The van der Waals surface area contributed by atoms with Gasteiger partial charge in [0, 0.05) is 11.6 Å². The molecule has 0 aliphatic rings. The van der Waals surface area contributed by atoms with Gasteiger partial charge in [0.1, 0.15) is 5.82 Å². The third kappa shape index (κ3) is 5.08. The summed E-state index contributed by atoms with van der Waals surface area (Å²) in [5.41, 5.74) is 3.84. The highest BCUT2D eigenvalue weighted by molar-refractivity contribution is 5.96. The highest BCUT2D eigenvalue weighted by Crippen LogP contribution is 2.19. The number of nitro benzene ring substituents is 1. The molecule has 0 saturated heterocycles. The van der Waals surface area contributed by atoms with Gasteiger partial charge in [-0.1, -0.05) is 12.1 Å². The van der Waals surface area contributed by atoms with E-state index < -0.39 is 35.1 Å². The number of hydrogen-bond donors (Lipinski definition) is 2. The summed E-state index contributed by atoms with van der Waals surface area (Å²) in [5.74, 6) is -3.36. The van der Waals surface area contributed by atoms with Crippen molar-refractivity contribution >= 4 is 23.5 Å². The number of nitrogens with zero attached hydrogens (tertiary/aromatic N) is 1. The van der Waals surface area contributed by atoms with E-state index in [-0.39, 0.29) is 22.4 Å². The molecule has 0 radical (unpaired) electrons. The van der Waals surface area contributed by atoms with Crippen LogP contribution < -0.4 is 10.9 Å². The molecule has 0 atom stereocenters. The van der Waals surface area contributed by atoms with Crippen LogP contribution in [0.2, 0.25) is 0 Å². The van der Waals surface area contributed by atoms with Gasteiger partial charge >= 0.3 is 5.97 Å². The zero-order chi connectivity index (χ0) is 20.0. The molecule has 140 valence electrons. The first-order valence-electron chi connectivity index (χ1n) is 7.55. The second kappa shape index (κ2) is 8.52. The number of rotatable bonds is 5. The quantitative estimate of drug-likeness (QED) is 0.465. The standard InChI is InChI=1S/C17H14FN3O6/c1-10-8-11(6-7-14(10)21(25)26)17(24)27-9-15(22)19-20-16(23)12-4-2-3-5-13(12)18/h2-8H,9H2,1H3,(H,19,22)(H,20,23). The third-order valence-electron chi connectivity index (χ3n) is 3.40. The predicted octanol–water partition coefficient (Wildman–Crippen LogP) is 1.66. The molecule has 27 heavy (non-hydrogen) atoms. The highest BCUT2D eigenvalue weighted by atomic mass is 19.1. The van der Waals surface area contributed by atoms with E-state index in [9.17, 15) is 28.9 Å². The molecule has 2 aromatic carbocycles. The van der Waals surface area contributed by atoms with Crippen LogP contribution in [0.25, 0.3) is 0 Å². The van der Waals surface area contributed by atoms with Crippen molar-refractivity contribution in [3.63, 3.8) is 0 Å². The second-order valence-corrected chi connectivity index (χ2v) is 5.32. The summed E-state index contributed by atoms with van der Waals surface area (Å²) in [6.07, 6.45) is 0. The van der Waals surface area contributed by atoms with Crippen molar-refractivity contribution in [3.8, 4) is 0 Å². The lowest BCUT2D eigenvalue weighted by molar-refractivity contribution is -0.385. The molecule has 10 heteroatoms. The van der Waals surface area contributed by atoms with E-state index >= 15 is 0 Å². The Balaban J connectivity index is 1.85. The molecule has 2 amide bonds. The van der Waals surface area contributed by atoms with Crippen LogP contribution in [-0.2, 0) is 9.53 Å². The van der Waals surface area contributed by atoms with Gasteiger partial charge in [0.25, 0.3) is 17.5 Å². The fourth-order valence-electron chi connectivity index (χ4n) is 2.08. The van der Waals surface area contributed by atoms with E-state index in [0.717, 1.165) is 12.1 Å². The van der Waals surface area contributed by atoms with Crippen LogP contribution >= 0.6 is 0 Å². The lowest BCUT2D eigenvalue weighted by Crippen LogP contribution is -2.43. The fraction of sp³-hybridized carbons (Fsp3) is 0.118. The number of ether oxygens (including phenoxy) is 1. The summed E-state index contributed by atoms with van der Waals surface area (Å²) < 4.78 is 18.2. The number of carbonyl (C=O) groups excluding carboxylic acids is 3. The van der Waals surface area contributed by atoms with Gasteiger partial charge in [0.2, 0.25) is 0 Å². The van der Waals surface area contributed by atoms with Crippen molar-refractivity contribution in [3.05, 3.63) is 75.1 Å². The van der Waals surface area contributed by atoms with Crippen molar-refractivity contribution in [1.82, 2.24) is 10.9 Å². The van der Waals surface area contributed by atoms with Crippen LogP contribution in [0.1, 0.15) is 26.3 Å². The minimum absolute atomic E-state index is 0.0290. The molecule has 2 aromatic rings. The number of esters is 1. The van der Waals surface area contributed by atoms with Gasteiger partial charge in [0.15, 0.2) is 6.61 Å². The van der Waals surface area contributed by atoms with Crippen molar-refractivity contribution in [2.75, 3.05) is 6.61 Å². The van der Waals surface area contributed by atoms with Gasteiger partial charge in [-0.25, -0.2) is 9.18 Å². The summed E-state index contributed by atoms with van der Waals surface area (Å²) in [5, 5.41) is 10.7. The highest BCUT2D eigenvalue weighted by Gasteiger charge is 2.16. The largest absolute Gasteiger partial charge is 0.452 e. The van der Waals surface area contributed by atoms with Gasteiger partial charge in [-0.05, 0) is 31.2 Å². The maximum atomic E-state index is 13.4. The first kappa shape index (κ1) is 19.5. The predicted molar refractivity (Wildman–Crippen MR) is 90.1 cm³/mol. The fourth-order valence-corrected chi connectivity index (χ4v) is 2.08. The minimum atomic E-state index is -0.876. The monoisotopic (exact) mass is 375 g/mol. The Bertz CT molecular complexity index is 915. The van der Waals surface area contributed by atoms with E-state index in [1.54, 1.807) is 0 Å². The maximum Gasteiger partial charge on any atom is 0.338 e. The first-order valence-corrected chi connectivity index (χ1v) is 7.55. The lowest BCUT2D eigenvalue weighted by Gasteiger charge is -2.09. The van der Waals surface area contributed by atoms with Crippen LogP contribution in [0.4, 0.5) is 10.1 Å². The summed E-state index contributed by atoms with van der Waals surface area (Å²) in [7, 11) is 0. The Morgan fingerprint density at radius 1 is 1.15 bits per heavy atom. The second-order valence-electron chi connectivity index (χ2n) is 5.32. The van der Waals surface area contributed by atoms with Crippen LogP contribution in [0.3, 0.4) is 0 Å². The molecule has 0 aromatic heterocycles. The van der Waals surface area contributed by atoms with E-state index in [1.165, 1.54) is 37.3 Å². The van der Waals surface area contributed by atoms with Crippen molar-refractivity contribution in [2.45, 2.75) is 6.92 Å². The summed E-state index contributed by atoms with van der Waals surface area (Å²) in [6, 6.07) is 8.79. The smallest absolute Gasteiger partial charge is 0.338 e. The number of nitrogens with one attached hydrogen (secondary N) is 2. The molecule has 0 aliphatic carbocycles. The Labute approximate surface area is 152 Å². The van der Waals surface area contributed by atoms with Crippen LogP contribution in [0.5, 0.6) is 0 Å². The molecule has 2 rings (SSSR count). The van der Waals surface area contributed by atoms with Crippen LogP contribution in [-0.4, -0.2) is 29.3 Å². The Morgan fingerprint density at radius 2 is 1.85 bits per heavy atom. The Morgan fingerprint density at radius 3 is 2.48 bits per heavy atom. The van der Waals surface area contributed by atoms with E-state index in [4.69, 9.17) is 4.74 Å². The molecule has 0 heterocycles. The SMILES string of the molecule is Cc1cc(C(=O)OCC(=O)NNC(=O)c2ccccc2F)ccc1[N+](=O)[O-]. The molecule has 0 unspecified atom stereocenters. The van der Waals surface area contributed by atoms with Gasteiger partial charge in [0.05, 0.1) is 16.1 Å². The molecule has 0 bridgehead atoms. The third-order valence-corrected chi connectivity index (χ3v) is 3.40. The van der Waals surface area contributed by atoms with Gasteiger partial charge in [-0.2, -0.15) is 0 Å². The lowest BCUT2D eigenvalue weighted by atomic mass is 10.1. The van der Waals surface area contributed by atoms with Crippen molar-refractivity contribution < 1.29 is 28.4 Å². The first-order chi connectivity index (χ1) is 12.8.